The Kier molecular flexibility index (Phi) is 6.55. The van der Waals surface area contributed by atoms with E-state index in [1.165, 1.54) is 29.2 Å². The molecule has 1 atom stereocenters. The first-order chi connectivity index (χ1) is 18.3. The zero-order valence-corrected chi connectivity index (χ0v) is 21.4. The molecule has 0 fully saturated rings. The second kappa shape index (κ2) is 9.97. The SMILES string of the molecule is Cc1ccc(C2c3cccn3-c3ccccc3N2C(=O)CN(C(=O)c2ccc([N+](=O)[O-])cc2)C(C)C)cc1. The maximum absolute atomic E-state index is 14.2. The maximum atomic E-state index is 14.2. The lowest BCUT2D eigenvalue weighted by molar-refractivity contribution is -0.384. The quantitative estimate of drug-likeness (QED) is 0.248. The van der Waals surface area contributed by atoms with Crippen LogP contribution in [-0.4, -0.2) is 38.8 Å². The number of fused-ring (bicyclic) bond motifs is 3. The number of hydrogen-bond donors (Lipinski definition) is 0. The van der Waals surface area contributed by atoms with Gasteiger partial charge in [-0.15, -0.1) is 0 Å². The van der Waals surface area contributed by atoms with E-state index in [0.29, 0.717) is 5.56 Å². The van der Waals surface area contributed by atoms with E-state index in [1.807, 2.05) is 87.6 Å². The summed E-state index contributed by atoms with van der Waals surface area (Å²) in [7, 11) is 0. The minimum atomic E-state index is -0.507. The summed E-state index contributed by atoms with van der Waals surface area (Å²) in [5.74, 6) is -0.580. The van der Waals surface area contributed by atoms with Crippen molar-refractivity contribution in [2.45, 2.75) is 32.9 Å². The second-order valence-electron chi connectivity index (χ2n) is 9.70. The zero-order chi connectivity index (χ0) is 27.0. The van der Waals surface area contributed by atoms with Crippen LogP contribution in [0.1, 0.15) is 47.1 Å². The number of rotatable bonds is 6. The summed E-state index contributed by atoms with van der Waals surface area (Å²) in [6, 6.07) is 24.7. The molecule has 1 unspecified atom stereocenters. The number of benzene rings is 3. The predicted molar refractivity (Wildman–Crippen MR) is 146 cm³/mol. The van der Waals surface area contributed by atoms with Gasteiger partial charge in [0.1, 0.15) is 12.6 Å². The summed E-state index contributed by atoms with van der Waals surface area (Å²) in [5.41, 5.74) is 4.90. The third-order valence-corrected chi connectivity index (χ3v) is 6.90. The third-order valence-electron chi connectivity index (χ3n) is 6.90. The Bertz CT molecular complexity index is 1510. The second-order valence-corrected chi connectivity index (χ2v) is 9.70. The van der Waals surface area contributed by atoms with Gasteiger partial charge in [0.15, 0.2) is 0 Å². The van der Waals surface area contributed by atoms with Crippen LogP contribution in [0.15, 0.2) is 91.1 Å². The normalized spacial score (nSPS) is 14.1. The maximum Gasteiger partial charge on any atom is 0.269 e. The molecule has 0 radical (unpaired) electrons. The fourth-order valence-electron chi connectivity index (χ4n) is 4.93. The number of anilines is 1. The first kappa shape index (κ1) is 25.0. The monoisotopic (exact) mass is 508 g/mol. The fourth-order valence-corrected chi connectivity index (χ4v) is 4.93. The van der Waals surface area contributed by atoms with E-state index in [9.17, 15) is 19.7 Å². The Morgan fingerprint density at radius 3 is 2.21 bits per heavy atom. The van der Waals surface area contributed by atoms with Crippen LogP contribution in [0.3, 0.4) is 0 Å². The van der Waals surface area contributed by atoms with Crippen molar-refractivity contribution >= 4 is 23.2 Å². The lowest BCUT2D eigenvalue weighted by atomic mass is 9.97. The van der Waals surface area contributed by atoms with Gasteiger partial charge in [0.25, 0.3) is 11.6 Å². The van der Waals surface area contributed by atoms with Crippen molar-refractivity contribution in [2.75, 3.05) is 11.4 Å². The number of non-ortho nitro benzene ring substituents is 1. The molecule has 0 N–H and O–H groups in total. The summed E-state index contributed by atoms with van der Waals surface area (Å²) >= 11 is 0. The van der Waals surface area contributed by atoms with Crippen molar-refractivity contribution in [1.29, 1.82) is 0 Å². The molecule has 2 heterocycles. The van der Waals surface area contributed by atoms with Crippen LogP contribution in [0.25, 0.3) is 5.69 Å². The highest BCUT2D eigenvalue weighted by Crippen LogP contribution is 2.42. The van der Waals surface area contributed by atoms with Gasteiger partial charge in [-0.1, -0.05) is 42.0 Å². The average Bonchev–Trinajstić information content (AvgIpc) is 3.41. The number of nitro benzene ring substituents is 1. The number of amides is 2. The van der Waals surface area contributed by atoms with Crippen LogP contribution in [0.4, 0.5) is 11.4 Å². The Hall–Kier alpha value is -4.72. The molecular weight excluding hydrogens is 480 g/mol. The minimum Gasteiger partial charge on any atom is -0.327 e. The van der Waals surface area contributed by atoms with E-state index in [4.69, 9.17) is 0 Å². The topological polar surface area (TPSA) is 88.7 Å². The van der Waals surface area contributed by atoms with Crippen molar-refractivity contribution in [3.63, 3.8) is 0 Å². The summed E-state index contributed by atoms with van der Waals surface area (Å²) < 4.78 is 2.10. The number of hydrogen-bond acceptors (Lipinski definition) is 4. The number of carbonyl (C=O) groups excluding carboxylic acids is 2. The third kappa shape index (κ3) is 4.45. The van der Waals surface area contributed by atoms with Crippen molar-refractivity contribution in [3.05, 3.63) is 124 Å². The van der Waals surface area contributed by atoms with E-state index in [2.05, 4.69) is 4.57 Å². The number of aryl methyl sites for hydroxylation is 1. The van der Waals surface area contributed by atoms with Crippen LogP contribution in [0.5, 0.6) is 0 Å². The largest absolute Gasteiger partial charge is 0.327 e. The lowest BCUT2D eigenvalue weighted by Gasteiger charge is -2.40. The molecule has 0 aliphatic carbocycles. The fraction of sp³-hybridized carbons (Fsp3) is 0.200. The molecule has 0 saturated carbocycles. The van der Waals surface area contributed by atoms with E-state index in [0.717, 1.165) is 28.2 Å². The number of aromatic nitrogens is 1. The van der Waals surface area contributed by atoms with Crippen LogP contribution in [-0.2, 0) is 4.79 Å². The molecule has 4 aromatic rings. The highest BCUT2D eigenvalue weighted by atomic mass is 16.6. The van der Waals surface area contributed by atoms with Crippen molar-refractivity contribution in [2.24, 2.45) is 0 Å². The number of para-hydroxylation sites is 2. The summed E-state index contributed by atoms with van der Waals surface area (Å²) in [5, 5.41) is 11.0. The summed E-state index contributed by atoms with van der Waals surface area (Å²) in [4.78, 5) is 41.5. The van der Waals surface area contributed by atoms with E-state index < -0.39 is 4.92 Å². The molecule has 3 aromatic carbocycles. The van der Waals surface area contributed by atoms with Gasteiger partial charge in [0.2, 0.25) is 5.91 Å². The van der Waals surface area contributed by atoms with Gasteiger partial charge in [-0.25, -0.2) is 0 Å². The van der Waals surface area contributed by atoms with Gasteiger partial charge in [-0.3, -0.25) is 24.6 Å². The molecule has 0 spiro atoms. The van der Waals surface area contributed by atoms with E-state index in [-0.39, 0.29) is 36.1 Å². The number of nitrogens with zero attached hydrogens (tertiary/aromatic N) is 4. The van der Waals surface area contributed by atoms with Crippen LogP contribution < -0.4 is 4.90 Å². The van der Waals surface area contributed by atoms with Crippen LogP contribution in [0, 0.1) is 17.0 Å². The summed E-state index contributed by atoms with van der Waals surface area (Å²) in [6.07, 6.45) is 2.00. The minimum absolute atomic E-state index is 0.0948. The highest BCUT2D eigenvalue weighted by molar-refractivity contribution is 6.02. The first-order valence-electron chi connectivity index (χ1n) is 12.5. The lowest BCUT2D eigenvalue weighted by Crippen LogP contribution is -2.48. The van der Waals surface area contributed by atoms with Gasteiger partial charge in [0.05, 0.1) is 22.0 Å². The molecular formula is C30H28N4O4. The Balaban J connectivity index is 1.54. The zero-order valence-electron chi connectivity index (χ0n) is 21.4. The Morgan fingerprint density at radius 1 is 0.921 bits per heavy atom. The Morgan fingerprint density at radius 2 is 1.58 bits per heavy atom. The van der Waals surface area contributed by atoms with Crippen LogP contribution >= 0.6 is 0 Å². The predicted octanol–water partition coefficient (Wildman–Crippen LogP) is 5.68. The highest BCUT2D eigenvalue weighted by Gasteiger charge is 2.37. The molecule has 192 valence electrons. The van der Waals surface area contributed by atoms with Gasteiger partial charge < -0.3 is 9.47 Å². The van der Waals surface area contributed by atoms with Crippen LogP contribution in [0.2, 0.25) is 0 Å². The van der Waals surface area contributed by atoms with Gasteiger partial charge in [0, 0.05) is 29.9 Å². The first-order valence-corrected chi connectivity index (χ1v) is 12.5. The van der Waals surface area contributed by atoms with Crippen molar-refractivity contribution in [1.82, 2.24) is 9.47 Å². The number of nitro groups is 1. The van der Waals surface area contributed by atoms with Gasteiger partial charge >= 0.3 is 0 Å². The molecule has 2 amide bonds. The molecule has 8 nitrogen and oxygen atoms in total. The van der Waals surface area contributed by atoms with E-state index in [1.54, 1.807) is 4.90 Å². The standard InChI is InChI=1S/C30H28N4O4/c1-20(2)32(30(36)23-14-16-24(17-15-23)34(37)38)19-28(35)33-26-8-5-4-7-25(26)31-18-6-9-27(31)29(33)22-12-10-21(3)11-13-22/h4-18,20,29H,19H2,1-3H3. The van der Waals surface area contributed by atoms with Crippen molar-refractivity contribution in [3.8, 4) is 5.69 Å². The molecule has 1 aromatic heterocycles. The van der Waals surface area contributed by atoms with Crippen molar-refractivity contribution < 1.29 is 14.5 Å². The molecule has 1 aliphatic heterocycles. The van der Waals surface area contributed by atoms with Gasteiger partial charge in [-0.2, -0.15) is 0 Å². The molecule has 38 heavy (non-hydrogen) atoms. The molecule has 8 heteroatoms. The Labute approximate surface area is 220 Å². The van der Waals surface area contributed by atoms with E-state index >= 15 is 0 Å². The van der Waals surface area contributed by atoms with Gasteiger partial charge in [-0.05, 0) is 62.7 Å². The average molecular weight is 509 g/mol. The molecule has 0 bridgehead atoms. The molecule has 1 aliphatic rings. The smallest absolute Gasteiger partial charge is 0.269 e. The number of carbonyl (C=O) groups is 2. The molecule has 5 rings (SSSR count). The molecule has 0 saturated heterocycles. The summed E-state index contributed by atoms with van der Waals surface area (Å²) in [6.45, 7) is 5.58.